The number of fused-ring (bicyclic) bond motifs is 5. The summed E-state index contributed by atoms with van der Waals surface area (Å²) in [6.45, 7) is 0. The van der Waals surface area contributed by atoms with Crippen LogP contribution in [0.5, 0.6) is 0 Å². The first-order chi connectivity index (χ1) is 7.09. The number of carboxylic acid groups (broad SMARTS) is 1. The Bertz CT molecular complexity index is 422. The van der Waals surface area contributed by atoms with Gasteiger partial charge in [0.05, 0.1) is 11.8 Å². The Morgan fingerprint density at radius 1 is 1.33 bits per heavy atom. The van der Waals surface area contributed by atoms with Gasteiger partial charge in [-0.15, -0.1) is 0 Å². The zero-order valence-electron chi connectivity index (χ0n) is 7.67. The second-order valence-corrected chi connectivity index (χ2v) is 4.22. The van der Waals surface area contributed by atoms with Crippen LogP contribution in [0.2, 0.25) is 0 Å². The van der Waals surface area contributed by atoms with E-state index in [-0.39, 0.29) is 17.4 Å². The molecule has 4 atom stereocenters. The Morgan fingerprint density at radius 3 is 2.67 bits per heavy atom. The van der Waals surface area contributed by atoms with Gasteiger partial charge in [0.2, 0.25) is 0 Å². The highest BCUT2D eigenvalue weighted by Crippen LogP contribution is 2.54. The second-order valence-electron chi connectivity index (χ2n) is 4.22. The van der Waals surface area contributed by atoms with E-state index in [9.17, 15) is 14.4 Å². The molecule has 3 rings (SSSR count). The van der Waals surface area contributed by atoms with Crippen LogP contribution in [0.3, 0.4) is 0 Å². The number of cyclic esters (lactones) is 2. The largest absolute Gasteiger partial charge is 0.478 e. The lowest BCUT2D eigenvalue weighted by Gasteiger charge is -2.17. The number of carboxylic acids is 1. The molecule has 3 aliphatic rings. The summed E-state index contributed by atoms with van der Waals surface area (Å²) in [4.78, 5) is 33.5. The predicted octanol–water partition coefficient (Wildman–Crippen LogP) is -0.0371. The van der Waals surface area contributed by atoms with Gasteiger partial charge in [0.25, 0.3) is 0 Å². The van der Waals surface area contributed by atoms with Gasteiger partial charge < -0.3 is 9.84 Å². The minimum absolute atomic E-state index is 0.120. The quantitative estimate of drug-likeness (QED) is 0.483. The van der Waals surface area contributed by atoms with E-state index < -0.39 is 29.7 Å². The lowest BCUT2D eigenvalue weighted by atomic mass is 9.81. The molecule has 1 N–H and O–H groups in total. The Morgan fingerprint density at radius 2 is 2.00 bits per heavy atom. The fourth-order valence-electron chi connectivity index (χ4n) is 3.05. The van der Waals surface area contributed by atoms with E-state index in [1.165, 1.54) is 0 Å². The molecule has 5 heteroatoms. The number of hydrogen-bond acceptors (Lipinski definition) is 4. The van der Waals surface area contributed by atoms with Crippen LogP contribution in [0.1, 0.15) is 6.42 Å². The highest BCUT2D eigenvalue weighted by molar-refractivity contribution is 6.00. The molecule has 1 heterocycles. The third-order valence-corrected chi connectivity index (χ3v) is 3.59. The van der Waals surface area contributed by atoms with Gasteiger partial charge in [-0.25, -0.2) is 4.79 Å². The van der Waals surface area contributed by atoms with Crippen molar-refractivity contribution in [2.24, 2.45) is 23.7 Å². The molecule has 0 amide bonds. The molecule has 1 aliphatic heterocycles. The van der Waals surface area contributed by atoms with E-state index in [0.717, 1.165) is 0 Å². The summed E-state index contributed by atoms with van der Waals surface area (Å²) in [7, 11) is 0. The van der Waals surface area contributed by atoms with E-state index in [1.807, 2.05) is 0 Å². The van der Waals surface area contributed by atoms with Gasteiger partial charge in [0, 0.05) is 11.5 Å². The Kier molecular flexibility index (Phi) is 1.43. The first-order valence-electron chi connectivity index (χ1n) is 4.80. The molecule has 0 aromatic heterocycles. The number of aliphatic carboxylic acids is 1. The summed E-state index contributed by atoms with van der Waals surface area (Å²) < 4.78 is 4.53. The summed E-state index contributed by atoms with van der Waals surface area (Å²) in [5.74, 6) is -3.44. The average Bonchev–Trinajstić information content (AvgIpc) is 2.77. The fourth-order valence-corrected chi connectivity index (χ4v) is 3.05. The van der Waals surface area contributed by atoms with Crippen molar-refractivity contribution in [3.63, 3.8) is 0 Å². The highest BCUT2D eigenvalue weighted by atomic mass is 16.6. The van der Waals surface area contributed by atoms with Gasteiger partial charge in [-0.3, -0.25) is 9.59 Å². The number of ether oxygens (including phenoxy) is 1. The number of esters is 2. The molecule has 2 aliphatic carbocycles. The minimum atomic E-state index is -0.993. The molecule has 1 saturated carbocycles. The van der Waals surface area contributed by atoms with Crippen LogP contribution in [-0.2, 0) is 19.1 Å². The molecular formula is C10H8O5. The number of rotatable bonds is 1. The Balaban J connectivity index is 2.03. The summed E-state index contributed by atoms with van der Waals surface area (Å²) in [5, 5.41) is 8.90. The fraction of sp³-hybridized carbons (Fsp3) is 0.500. The zero-order chi connectivity index (χ0) is 10.7. The predicted molar refractivity (Wildman–Crippen MR) is 45.4 cm³/mol. The third-order valence-electron chi connectivity index (χ3n) is 3.59. The third kappa shape index (κ3) is 0.900. The first-order valence-corrected chi connectivity index (χ1v) is 4.80. The highest BCUT2D eigenvalue weighted by Gasteiger charge is 2.61. The molecule has 0 aromatic rings. The SMILES string of the molecule is O=C(O)C1=CC2CC1C1C(=O)OC(=O)C21. The van der Waals surface area contributed by atoms with Crippen LogP contribution < -0.4 is 0 Å². The molecular weight excluding hydrogens is 200 g/mol. The molecule has 0 spiro atoms. The van der Waals surface area contributed by atoms with Crippen LogP contribution in [-0.4, -0.2) is 23.0 Å². The van der Waals surface area contributed by atoms with Gasteiger partial charge in [-0.05, 0) is 12.3 Å². The monoisotopic (exact) mass is 208 g/mol. The van der Waals surface area contributed by atoms with E-state index in [2.05, 4.69) is 4.74 Å². The summed E-state index contributed by atoms with van der Waals surface area (Å²) >= 11 is 0. The molecule has 1 saturated heterocycles. The molecule has 5 nitrogen and oxygen atoms in total. The normalized spacial score (nSPS) is 41.5. The van der Waals surface area contributed by atoms with Crippen LogP contribution in [0.4, 0.5) is 0 Å². The lowest BCUT2D eigenvalue weighted by molar-refractivity contribution is -0.154. The second kappa shape index (κ2) is 2.48. The van der Waals surface area contributed by atoms with Crippen molar-refractivity contribution in [3.05, 3.63) is 11.6 Å². The summed E-state index contributed by atoms with van der Waals surface area (Å²) in [6, 6.07) is 0. The van der Waals surface area contributed by atoms with E-state index in [1.54, 1.807) is 6.08 Å². The van der Waals surface area contributed by atoms with Crippen LogP contribution in [0, 0.1) is 23.7 Å². The van der Waals surface area contributed by atoms with Crippen molar-refractivity contribution >= 4 is 17.9 Å². The topological polar surface area (TPSA) is 80.7 Å². The molecule has 15 heavy (non-hydrogen) atoms. The molecule has 78 valence electrons. The van der Waals surface area contributed by atoms with Gasteiger partial charge in [0.1, 0.15) is 0 Å². The van der Waals surface area contributed by atoms with E-state index in [0.29, 0.717) is 6.42 Å². The Hall–Kier alpha value is -1.65. The van der Waals surface area contributed by atoms with E-state index in [4.69, 9.17) is 5.11 Å². The van der Waals surface area contributed by atoms with Gasteiger partial charge in [-0.1, -0.05) is 6.08 Å². The molecule has 0 radical (unpaired) electrons. The standard InChI is InChI=1S/C10H8O5/c11-8(12)5-2-3-1-4(5)7-6(3)9(13)15-10(7)14/h2-4,6-7H,1H2,(H,11,12). The van der Waals surface area contributed by atoms with Gasteiger partial charge in [-0.2, -0.15) is 0 Å². The number of carbonyl (C=O) groups excluding carboxylic acids is 2. The summed E-state index contributed by atoms with van der Waals surface area (Å²) in [6.07, 6.45) is 2.20. The smallest absolute Gasteiger partial charge is 0.331 e. The minimum Gasteiger partial charge on any atom is -0.478 e. The van der Waals surface area contributed by atoms with Crippen molar-refractivity contribution < 1.29 is 24.2 Å². The zero-order valence-corrected chi connectivity index (χ0v) is 7.67. The number of hydrogen-bond donors (Lipinski definition) is 1. The van der Waals surface area contributed by atoms with E-state index >= 15 is 0 Å². The van der Waals surface area contributed by atoms with Crippen molar-refractivity contribution in [2.75, 3.05) is 0 Å². The maximum absolute atomic E-state index is 11.4. The Labute approximate surface area is 84.7 Å². The van der Waals surface area contributed by atoms with Crippen LogP contribution in [0.15, 0.2) is 11.6 Å². The number of allylic oxidation sites excluding steroid dienone is 1. The number of carbonyl (C=O) groups is 3. The van der Waals surface area contributed by atoms with Crippen molar-refractivity contribution in [2.45, 2.75) is 6.42 Å². The van der Waals surface area contributed by atoms with Crippen LogP contribution in [0.25, 0.3) is 0 Å². The maximum Gasteiger partial charge on any atom is 0.331 e. The van der Waals surface area contributed by atoms with Crippen LogP contribution >= 0.6 is 0 Å². The molecule has 2 fully saturated rings. The maximum atomic E-state index is 11.4. The van der Waals surface area contributed by atoms with Gasteiger partial charge in [0.15, 0.2) is 0 Å². The first kappa shape index (κ1) is 8.64. The van der Waals surface area contributed by atoms with Crippen molar-refractivity contribution in [1.29, 1.82) is 0 Å². The molecule has 0 aromatic carbocycles. The molecule has 2 bridgehead atoms. The van der Waals surface area contributed by atoms with Gasteiger partial charge >= 0.3 is 17.9 Å². The molecule has 4 unspecified atom stereocenters. The van der Waals surface area contributed by atoms with Crippen molar-refractivity contribution in [1.82, 2.24) is 0 Å². The van der Waals surface area contributed by atoms with Crippen molar-refractivity contribution in [3.8, 4) is 0 Å². The average molecular weight is 208 g/mol. The lowest BCUT2D eigenvalue weighted by Crippen LogP contribution is -2.26. The summed E-state index contributed by atoms with van der Waals surface area (Å²) in [5.41, 5.74) is 0.271.